The molecule has 1 atom stereocenters. The molecule has 0 aliphatic heterocycles. The zero-order valence-corrected chi connectivity index (χ0v) is 12.4. The zero-order valence-electron chi connectivity index (χ0n) is 12.4. The molecule has 1 aromatic carbocycles. The highest BCUT2D eigenvalue weighted by atomic mass is 16.5. The molecule has 108 valence electrons. The summed E-state index contributed by atoms with van der Waals surface area (Å²) in [4.78, 5) is 16.8. The molecular weight excluding hydrogens is 254 g/mol. The molecule has 0 fully saturated rings. The highest BCUT2D eigenvalue weighted by Crippen LogP contribution is 2.27. The van der Waals surface area contributed by atoms with Crippen LogP contribution in [-0.4, -0.2) is 28.7 Å². The number of carbonyl (C=O) groups excluding carboxylic acids is 1. The van der Waals surface area contributed by atoms with Gasteiger partial charge in [0.2, 0.25) is 5.95 Å². The maximum atomic E-state index is 12.3. The van der Waals surface area contributed by atoms with Gasteiger partial charge in [-0.05, 0) is 32.4 Å². The predicted octanol–water partition coefficient (Wildman–Crippen LogP) is 2.98. The summed E-state index contributed by atoms with van der Waals surface area (Å²) in [6.07, 6.45) is 0.532. The number of para-hydroxylation sites is 2. The second kappa shape index (κ2) is 5.94. The Labute approximate surface area is 118 Å². The van der Waals surface area contributed by atoms with E-state index in [4.69, 9.17) is 4.74 Å². The molecule has 0 spiro atoms. The molecule has 1 aromatic heterocycles. The van der Waals surface area contributed by atoms with Crippen molar-refractivity contribution in [1.29, 1.82) is 0 Å². The number of ether oxygens (including phenoxy) is 1. The van der Waals surface area contributed by atoms with Gasteiger partial charge in [-0.1, -0.05) is 19.1 Å². The molecule has 5 nitrogen and oxygen atoms in total. The molecule has 2 rings (SSSR count). The quantitative estimate of drug-likeness (QED) is 0.852. The Hall–Kier alpha value is -2.04. The number of carbonyl (C=O) groups is 1. The first-order valence-corrected chi connectivity index (χ1v) is 6.93. The van der Waals surface area contributed by atoms with Crippen molar-refractivity contribution in [2.24, 2.45) is 0 Å². The summed E-state index contributed by atoms with van der Waals surface area (Å²) in [6.45, 7) is 5.69. The summed E-state index contributed by atoms with van der Waals surface area (Å²) < 4.78 is 7.28. The number of anilines is 1. The summed E-state index contributed by atoms with van der Waals surface area (Å²) in [5.41, 5.74) is 1.80. The fraction of sp³-hybridized carbons (Fsp3) is 0.467. The number of hydrogen-bond acceptors (Lipinski definition) is 4. The molecule has 0 saturated carbocycles. The molecule has 1 unspecified atom stereocenters. The second-order valence-electron chi connectivity index (χ2n) is 4.95. The molecule has 0 amide bonds. The SMILES string of the molecule is CCC(C(=O)OC(C)C)n1c(NC)nc2ccccc21. The minimum absolute atomic E-state index is 0.121. The predicted molar refractivity (Wildman–Crippen MR) is 79.8 cm³/mol. The highest BCUT2D eigenvalue weighted by molar-refractivity contribution is 5.83. The van der Waals surface area contributed by atoms with Crippen molar-refractivity contribution < 1.29 is 9.53 Å². The third-order valence-electron chi connectivity index (χ3n) is 3.14. The first-order valence-electron chi connectivity index (χ1n) is 6.93. The Morgan fingerprint density at radius 3 is 2.70 bits per heavy atom. The minimum atomic E-state index is -0.368. The smallest absolute Gasteiger partial charge is 0.329 e. The van der Waals surface area contributed by atoms with Crippen molar-refractivity contribution in [3.05, 3.63) is 24.3 Å². The summed E-state index contributed by atoms with van der Waals surface area (Å²) in [5.74, 6) is 0.459. The monoisotopic (exact) mass is 275 g/mol. The number of rotatable bonds is 5. The molecule has 0 saturated heterocycles. The first kappa shape index (κ1) is 14.4. The Morgan fingerprint density at radius 2 is 2.10 bits per heavy atom. The number of hydrogen-bond donors (Lipinski definition) is 1. The van der Waals surface area contributed by atoms with E-state index >= 15 is 0 Å². The lowest BCUT2D eigenvalue weighted by Crippen LogP contribution is -2.24. The fourth-order valence-corrected chi connectivity index (χ4v) is 2.30. The van der Waals surface area contributed by atoms with Gasteiger partial charge in [0.25, 0.3) is 0 Å². The fourth-order valence-electron chi connectivity index (χ4n) is 2.30. The van der Waals surface area contributed by atoms with Crippen molar-refractivity contribution in [3.63, 3.8) is 0 Å². The molecule has 5 heteroatoms. The largest absolute Gasteiger partial charge is 0.461 e. The summed E-state index contributed by atoms with van der Waals surface area (Å²) in [5, 5.41) is 3.05. The number of nitrogens with one attached hydrogen (secondary N) is 1. The van der Waals surface area contributed by atoms with Crippen LogP contribution in [0.1, 0.15) is 33.2 Å². The number of imidazole rings is 1. The van der Waals surface area contributed by atoms with Crippen LogP contribution < -0.4 is 5.32 Å². The van der Waals surface area contributed by atoms with Crippen LogP contribution >= 0.6 is 0 Å². The van der Waals surface area contributed by atoms with E-state index in [0.717, 1.165) is 11.0 Å². The van der Waals surface area contributed by atoms with Crippen molar-refractivity contribution in [2.75, 3.05) is 12.4 Å². The van der Waals surface area contributed by atoms with E-state index in [-0.39, 0.29) is 18.1 Å². The van der Waals surface area contributed by atoms with Crippen molar-refractivity contribution in [3.8, 4) is 0 Å². The lowest BCUT2D eigenvalue weighted by Gasteiger charge is -2.20. The average Bonchev–Trinajstić information content (AvgIpc) is 2.78. The van der Waals surface area contributed by atoms with Crippen molar-refractivity contribution in [1.82, 2.24) is 9.55 Å². The summed E-state index contributed by atoms with van der Waals surface area (Å²) in [7, 11) is 1.80. The van der Waals surface area contributed by atoms with Gasteiger partial charge in [-0.25, -0.2) is 9.78 Å². The van der Waals surface area contributed by atoms with E-state index in [9.17, 15) is 4.79 Å². The topological polar surface area (TPSA) is 56.1 Å². The van der Waals surface area contributed by atoms with Crippen molar-refractivity contribution >= 4 is 23.0 Å². The van der Waals surface area contributed by atoms with Gasteiger partial charge in [-0.15, -0.1) is 0 Å². The Balaban J connectivity index is 2.50. The Kier molecular flexibility index (Phi) is 4.27. The van der Waals surface area contributed by atoms with Gasteiger partial charge in [0.1, 0.15) is 6.04 Å². The Bertz CT molecular complexity index is 604. The highest BCUT2D eigenvalue weighted by Gasteiger charge is 2.25. The molecule has 0 bridgehead atoms. The molecule has 1 N–H and O–H groups in total. The number of esters is 1. The van der Waals surface area contributed by atoms with Crippen LogP contribution in [0, 0.1) is 0 Å². The number of fused-ring (bicyclic) bond motifs is 1. The number of nitrogens with zero attached hydrogens (tertiary/aromatic N) is 2. The van der Waals surface area contributed by atoms with Gasteiger partial charge in [0.05, 0.1) is 17.1 Å². The lowest BCUT2D eigenvalue weighted by atomic mass is 10.2. The maximum absolute atomic E-state index is 12.3. The van der Waals surface area contributed by atoms with Crippen LogP contribution in [0.3, 0.4) is 0 Å². The van der Waals surface area contributed by atoms with Crippen LogP contribution in [0.4, 0.5) is 5.95 Å². The molecule has 0 aliphatic carbocycles. The van der Waals surface area contributed by atoms with E-state index in [1.807, 2.05) is 49.6 Å². The van der Waals surface area contributed by atoms with E-state index in [2.05, 4.69) is 10.3 Å². The van der Waals surface area contributed by atoms with Gasteiger partial charge in [0.15, 0.2) is 0 Å². The van der Waals surface area contributed by atoms with Crippen LogP contribution in [0.15, 0.2) is 24.3 Å². The molecule has 0 radical (unpaired) electrons. The third-order valence-corrected chi connectivity index (χ3v) is 3.14. The lowest BCUT2D eigenvalue weighted by molar-refractivity contribution is -0.151. The zero-order chi connectivity index (χ0) is 14.7. The van der Waals surface area contributed by atoms with E-state index in [1.165, 1.54) is 0 Å². The summed E-state index contributed by atoms with van der Waals surface area (Å²) >= 11 is 0. The molecule has 2 aromatic rings. The minimum Gasteiger partial charge on any atom is -0.461 e. The normalized spacial score (nSPS) is 12.7. The van der Waals surface area contributed by atoms with Crippen LogP contribution in [0.2, 0.25) is 0 Å². The standard InChI is InChI=1S/C15H21N3O2/c1-5-12(14(19)20-10(2)3)18-13-9-7-6-8-11(13)17-15(18)16-4/h6-10,12H,5H2,1-4H3,(H,16,17). The van der Waals surface area contributed by atoms with Crippen LogP contribution in [-0.2, 0) is 9.53 Å². The van der Waals surface area contributed by atoms with Gasteiger partial charge < -0.3 is 10.1 Å². The molecule has 1 heterocycles. The van der Waals surface area contributed by atoms with Crippen LogP contribution in [0.5, 0.6) is 0 Å². The molecular formula is C15H21N3O2. The van der Waals surface area contributed by atoms with E-state index in [0.29, 0.717) is 12.4 Å². The second-order valence-corrected chi connectivity index (χ2v) is 4.95. The van der Waals surface area contributed by atoms with E-state index in [1.54, 1.807) is 7.05 Å². The number of benzene rings is 1. The third kappa shape index (κ3) is 2.61. The summed E-state index contributed by atoms with van der Waals surface area (Å²) in [6, 6.07) is 7.42. The molecule has 0 aliphatic rings. The van der Waals surface area contributed by atoms with Gasteiger partial charge >= 0.3 is 5.97 Å². The Morgan fingerprint density at radius 1 is 1.40 bits per heavy atom. The maximum Gasteiger partial charge on any atom is 0.329 e. The average molecular weight is 275 g/mol. The van der Waals surface area contributed by atoms with Crippen LogP contribution in [0.25, 0.3) is 11.0 Å². The number of aromatic nitrogens is 2. The molecule has 20 heavy (non-hydrogen) atoms. The first-order chi connectivity index (χ1) is 9.58. The van der Waals surface area contributed by atoms with E-state index < -0.39 is 0 Å². The van der Waals surface area contributed by atoms with Gasteiger partial charge in [-0.3, -0.25) is 4.57 Å². The van der Waals surface area contributed by atoms with Crippen molar-refractivity contribution in [2.45, 2.75) is 39.3 Å². The van der Waals surface area contributed by atoms with Gasteiger partial charge in [-0.2, -0.15) is 0 Å². The van der Waals surface area contributed by atoms with Gasteiger partial charge in [0, 0.05) is 7.05 Å².